The standard InChI is InChI=1S/C6H11O4PS2/c1-3-5(12)9-11(7,8)10-6(13)4-2/h3-4H2,1-2H3,(H,7,8). The Balaban J connectivity index is 4.16. The van der Waals surface area contributed by atoms with Gasteiger partial charge in [0, 0.05) is 12.8 Å². The quantitative estimate of drug-likeness (QED) is 0.604. The van der Waals surface area contributed by atoms with Crippen LogP contribution in [-0.2, 0) is 13.6 Å². The summed E-state index contributed by atoms with van der Waals surface area (Å²) in [5.74, 6) is 0. The molecule has 0 saturated heterocycles. The van der Waals surface area contributed by atoms with E-state index in [2.05, 4.69) is 33.5 Å². The van der Waals surface area contributed by atoms with E-state index in [1.165, 1.54) is 0 Å². The average Bonchev–Trinajstić information content (AvgIpc) is 2.02. The van der Waals surface area contributed by atoms with Gasteiger partial charge in [0.2, 0.25) is 0 Å². The van der Waals surface area contributed by atoms with Crippen LogP contribution in [0.15, 0.2) is 0 Å². The Hall–Kier alpha value is -0.0300. The average molecular weight is 242 g/mol. The van der Waals surface area contributed by atoms with Crippen molar-refractivity contribution in [1.82, 2.24) is 0 Å². The van der Waals surface area contributed by atoms with Crippen LogP contribution < -0.4 is 0 Å². The Bertz CT molecular complexity index is 231. The normalized spacial score (nSPS) is 10.7. The van der Waals surface area contributed by atoms with Crippen molar-refractivity contribution in [3.05, 3.63) is 0 Å². The van der Waals surface area contributed by atoms with E-state index in [9.17, 15) is 4.57 Å². The molecule has 0 aliphatic rings. The Kier molecular flexibility index (Phi) is 5.64. The summed E-state index contributed by atoms with van der Waals surface area (Å²) in [5, 5.41) is 0.0643. The van der Waals surface area contributed by atoms with Crippen LogP contribution in [0.25, 0.3) is 0 Å². The first-order chi connectivity index (χ1) is 5.91. The summed E-state index contributed by atoms with van der Waals surface area (Å²) in [7, 11) is -4.12. The molecule has 13 heavy (non-hydrogen) atoms. The molecule has 0 aromatic rings. The molecule has 0 aromatic heterocycles. The molecule has 4 nitrogen and oxygen atoms in total. The second-order valence-electron chi connectivity index (χ2n) is 2.10. The smallest absolute Gasteiger partial charge is 0.388 e. The molecular formula is C6H11O4PS2. The molecule has 0 spiro atoms. The van der Waals surface area contributed by atoms with Gasteiger partial charge in [-0.2, -0.15) is 0 Å². The predicted molar refractivity (Wildman–Crippen MR) is 57.8 cm³/mol. The van der Waals surface area contributed by atoms with Crippen LogP contribution in [0, 0.1) is 0 Å². The molecule has 0 atom stereocenters. The van der Waals surface area contributed by atoms with Gasteiger partial charge in [-0.05, 0) is 24.4 Å². The molecule has 0 heterocycles. The Labute approximate surface area is 87.9 Å². The molecule has 1 N–H and O–H groups in total. The molecule has 0 fully saturated rings. The van der Waals surface area contributed by atoms with Crippen molar-refractivity contribution < 1.29 is 18.5 Å². The van der Waals surface area contributed by atoms with Gasteiger partial charge in [-0.3, -0.25) is 4.89 Å². The van der Waals surface area contributed by atoms with Gasteiger partial charge in [-0.25, -0.2) is 4.57 Å². The first-order valence-electron chi connectivity index (χ1n) is 3.69. The minimum Gasteiger partial charge on any atom is -0.388 e. The van der Waals surface area contributed by atoms with Crippen LogP contribution in [0.1, 0.15) is 26.7 Å². The number of phosphoric ester groups is 1. The van der Waals surface area contributed by atoms with Crippen molar-refractivity contribution >= 4 is 42.4 Å². The minimum absolute atomic E-state index is 0.0322. The highest BCUT2D eigenvalue weighted by atomic mass is 32.1. The van der Waals surface area contributed by atoms with Gasteiger partial charge in [0.25, 0.3) is 0 Å². The van der Waals surface area contributed by atoms with E-state index in [1.54, 1.807) is 13.8 Å². The van der Waals surface area contributed by atoms with E-state index < -0.39 is 7.82 Å². The monoisotopic (exact) mass is 242 g/mol. The SMILES string of the molecule is CCC(=S)OP(=O)(O)OC(=S)CC. The first-order valence-corrected chi connectivity index (χ1v) is 6.00. The summed E-state index contributed by atoms with van der Waals surface area (Å²) in [5.41, 5.74) is 0. The van der Waals surface area contributed by atoms with Crippen molar-refractivity contribution in [1.29, 1.82) is 0 Å². The van der Waals surface area contributed by atoms with Gasteiger partial charge in [0.1, 0.15) is 0 Å². The van der Waals surface area contributed by atoms with E-state index in [-0.39, 0.29) is 10.1 Å². The summed E-state index contributed by atoms with van der Waals surface area (Å²) in [6, 6.07) is 0. The van der Waals surface area contributed by atoms with Crippen molar-refractivity contribution in [2.75, 3.05) is 0 Å². The molecule has 0 radical (unpaired) electrons. The minimum atomic E-state index is -4.12. The fraction of sp³-hybridized carbons (Fsp3) is 0.667. The van der Waals surface area contributed by atoms with Crippen LogP contribution in [0.4, 0.5) is 0 Å². The summed E-state index contributed by atoms with van der Waals surface area (Å²) in [4.78, 5) is 9.05. The lowest BCUT2D eigenvalue weighted by atomic mass is 10.5. The van der Waals surface area contributed by atoms with E-state index >= 15 is 0 Å². The molecule has 0 amide bonds. The second kappa shape index (κ2) is 5.65. The largest absolute Gasteiger partial charge is 0.585 e. The van der Waals surface area contributed by atoms with E-state index in [4.69, 9.17) is 4.89 Å². The van der Waals surface area contributed by atoms with Gasteiger partial charge in [-0.1, -0.05) is 13.8 Å². The van der Waals surface area contributed by atoms with Crippen LogP contribution in [0.5, 0.6) is 0 Å². The highest BCUT2D eigenvalue weighted by Gasteiger charge is 2.26. The maximum Gasteiger partial charge on any atom is 0.585 e. The van der Waals surface area contributed by atoms with Crippen LogP contribution in [-0.4, -0.2) is 15.0 Å². The summed E-state index contributed by atoms with van der Waals surface area (Å²) in [6.07, 6.45) is 0.754. The molecule has 76 valence electrons. The maximum atomic E-state index is 11.1. The molecule has 0 aromatic carbocycles. The fourth-order valence-corrected chi connectivity index (χ4v) is 1.78. The van der Waals surface area contributed by atoms with Gasteiger partial charge in [0.15, 0.2) is 10.1 Å². The van der Waals surface area contributed by atoms with E-state index in [0.29, 0.717) is 12.8 Å². The third-order valence-corrected chi connectivity index (χ3v) is 2.90. The Morgan fingerprint density at radius 2 is 1.54 bits per heavy atom. The zero-order valence-corrected chi connectivity index (χ0v) is 9.88. The first kappa shape index (κ1) is 13.0. The van der Waals surface area contributed by atoms with E-state index in [0.717, 1.165) is 0 Å². The molecule has 0 aliphatic carbocycles. The number of hydrogen-bond acceptors (Lipinski definition) is 5. The highest BCUT2D eigenvalue weighted by molar-refractivity contribution is 7.81. The number of thiocarbonyl (C=S) groups is 2. The van der Waals surface area contributed by atoms with Crippen LogP contribution in [0.2, 0.25) is 0 Å². The highest BCUT2D eigenvalue weighted by Crippen LogP contribution is 2.44. The molecule has 0 unspecified atom stereocenters. The third kappa shape index (κ3) is 6.10. The number of hydrogen-bond donors (Lipinski definition) is 1. The molecular weight excluding hydrogens is 231 g/mol. The zero-order valence-electron chi connectivity index (χ0n) is 7.35. The van der Waals surface area contributed by atoms with Crippen LogP contribution >= 0.6 is 32.3 Å². The fourth-order valence-electron chi connectivity index (χ4n) is 0.405. The van der Waals surface area contributed by atoms with Gasteiger partial charge in [-0.15, -0.1) is 0 Å². The summed E-state index contributed by atoms with van der Waals surface area (Å²) in [6.45, 7) is 3.42. The number of rotatable bonds is 4. The predicted octanol–water partition coefficient (Wildman–Crippen LogP) is 2.59. The summed E-state index contributed by atoms with van der Waals surface area (Å²) < 4.78 is 20.1. The molecule has 0 saturated carbocycles. The molecule has 0 aliphatic heterocycles. The van der Waals surface area contributed by atoms with Crippen molar-refractivity contribution in [3.8, 4) is 0 Å². The van der Waals surface area contributed by atoms with Crippen molar-refractivity contribution in [2.45, 2.75) is 26.7 Å². The van der Waals surface area contributed by atoms with Crippen molar-refractivity contribution in [2.24, 2.45) is 0 Å². The molecule has 0 bridgehead atoms. The Morgan fingerprint density at radius 1 is 1.23 bits per heavy atom. The zero-order chi connectivity index (χ0) is 10.5. The topological polar surface area (TPSA) is 55.8 Å². The van der Waals surface area contributed by atoms with Gasteiger partial charge < -0.3 is 9.05 Å². The number of phosphoric acid groups is 1. The van der Waals surface area contributed by atoms with Crippen LogP contribution in [0.3, 0.4) is 0 Å². The van der Waals surface area contributed by atoms with Gasteiger partial charge in [0.05, 0.1) is 0 Å². The Morgan fingerprint density at radius 3 is 1.77 bits per heavy atom. The molecule has 0 rings (SSSR count). The maximum absolute atomic E-state index is 11.1. The lowest BCUT2D eigenvalue weighted by Crippen LogP contribution is -2.04. The summed E-state index contributed by atoms with van der Waals surface area (Å²) >= 11 is 9.23. The van der Waals surface area contributed by atoms with Crippen molar-refractivity contribution in [3.63, 3.8) is 0 Å². The van der Waals surface area contributed by atoms with Gasteiger partial charge >= 0.3 is 7.82 Å². The molecule has 7 heteroatoms. The lowest BCUT2D eigenvalue weighted by Gasteiger charge is -2.12. The van der Waals surface area contributed by atoms with E-state index in [1.807, 2.05) is 0 Å². The lowest BCUT2D eigenvalue weighted by molar-refractivity contribution is 0.283. The second-order valence-corrected chi connectivity index (χ2v) is 4.32. The third-order valence-electron chi connectivity index (χ3n) is 1.01.